The molecule has 0 radical (unpaired) electrons. The summed E-state index contributed by atoms with van der Waals surface area (Å²) < 4.78 is 0. The van der Waals surface area contributed by atoms with Crippen molar-refractivity contribution in [3.63, 3.8) is 0 Å². The van der Waals surface area contributed by atoms with Gasteiger partial charge in [0.25, 0.3) is 0 Å². The standard InChI is InChI=1S/C24H20N4O2/c1-2-20(22-15-25-11-12-26-22)24(18-8-9-21-19(13-18)14-27-28-21)17-6-3-16(4-7-17)5-10-23(29)30/h3-15H,2H2,1H3,(H,27,28)(H,29,30)/b10-5+,24-20+. The summed E-state index contributed by atoms with van der Waals surface area (Å²) in [7, 11) is 0. The lowest BCUT2D eigenvalue weighted by molar-refractivity contribution is -0.131. The van der Waals surface area contributed by atoms with Gasteiger partial charge in [0.1, 0.15) is 0 Å². The van der Waals surface area contributed by atoms with Gasteiger partial charge in [0, 0.05) is 23.9 Å². The molecule has 4 rings (SSSR count). The van der Waals surface area contributed by atoms with Crippen LogP contribution >= 0.6 is 0 Å². The van der Waals surface area contributed by atoms with Crippen molar-refractivity contribution < 1.29 is 9.90 Å². The number of hydrogen-bond acceptors (Lipinski definition) is 4. The second kappa shape index (κ2) is 8.53. The lowest BCUT2D eigenvalue weighted by Crippen LogP contribution is -1.97. The van der Waals surface area contributed by atoms with Crippen LogP contribution in [-0.2, 0) is 4.79 Å². The van der Waals surface area contributed by atoms with Gasteiger partial charge in [0.15, 0.2) is 0 Å². The Balaban J connectivity index is 1.89. The van der Waals surface area contributed by atoms with Crippen molar-refractivity contribution in [3.05, 3.63) is 95.7 Å². The largest absolute Gasteiger partial charge is 0.478 e. The number of rotatable bonds is 6. The molecular weight excluding hydrogens is 376 g/mol. The minimum atomic E-state index is -0.969. The number of H-pyrrole nitrogens is 1. The van der Waals surface area contributed by atoms with Crippen LogP contribution in [0.25, 0.3) is 28.1 Å². The van der Waals surface area contributed by atoms with Gasteiger partial charge >= 0.3 is 5.97 Å². The maximum Gasteiger partial charge on any atom is 0.328 e. The molecule has 148 valence electrons. The van der Waals surface area contributed by atoms with Crippen LogP contribution < -0.4 is 0 Å². The lowest BCUT2D eigenvalue weighted by Gasteiger charge is -2.16. The second-order valence-corrected chi connectivity index (χ2v) is 6.76. The van der Waals surface area contributed by atoms with E-state index < -0.39 is 5.97 Å². The van der Waals surface area contributed by atoms with Crippen molar-refractivity contribution in [1.29, 1.82) is 0 Å². The number of fused-ring (bicyclic) bond motifs is 1. The zero-order chi connectivity index (χ0) is 20.9. The Bertz CT molecular complexity index is 1240. The van der Waals surface area contributed by atoms with Crippen molar-refractivity contribution in [2.45, 2.75) is 13.3 Å². The molecule has 2 aromatic heterocycles. The molecule has 4 aromatic rings. The number of allylic oxidation sites excluding steroid dienone is 1. The number of aromatic amines is 1. The summed E-state index contributed by atoms with van der Waals surface area (Å²) in [5, 5.41) is 17.0. The van der Waals surface area contributed by atoms with Crippen LogP contribution in [0.3, 0.4) is 0 Å². The van der Waals surface area contributed by atoms with Crippen molar-refractivity contribution in [1.82, 2.24) is 20.2 Å². The first kappa shape index (κ1) is 19.3. The van der Waals surface area contributed by atoms with Gasteiger partial charge < -0.3 is 5.11 Å². The van der Waals surface area contributed by atoms with E-state index in [0.29, 0.717) is 0 Å². The summed E-state index contributed by atoms with van der Waals surface area (Å²) >= 11 is 0. The van der Waals surface area contributed by atoms with E-state index in [1.807, 2.05) is 36.5 Å². The molecule has 30 heavy (non-hydrogen) atoms. The molecule has 0 atom stereocenters. The predicted octanol–water partition coefficient (Wildman–Crippen LogP) is 4.82. The molecule has 0 amide bonds. The average molecular weight is 396 g/mol. The maximum atomic E-state index is 10.8. The highest BCUT2D eigenvalue weighted by Gasteiger charge is 2.15. The minimum Gasteiger partial charge on any atom is -0.478 e. The average Bonchev–Trinajstić information content (AvgIpc) is 3.25. The van der Waals surface area contributed by atoms with Crippen LogP contribution in [0, 0.1) is 0 Å². The van der Waals surface area contributed by atoms with Crippen molar-refractivity contribution in [2.24, 2.45) is 0 Å². The van der Waals surface area contributed by atoms with Gasteiger partial charge in [-0.05, 0) is 52.5 Å². The molecule has 0 spiro atoms. The Morgan fingerprint density at radius 2 is 1.87 bits per heavy atom. The van der Waals surface area contributed by atoms with Crippen LogP contribution in [0.2, 0.25) is 0 Å². The fourth-order valence-electron chi connectivity index (χ4n) is 3.48. The first-order valence-corrected chi connectivity index (χ1v) is 9.60. The number of carboxylic acids is 1. The highest BCUT2D eigenvalue weighted by atomic mass is 16.4. The summed E-state index contributed by atoms with van der Waals surface area (Å²) in [6.07, 6.45) is 10.4. The number of aliphatic carboxylic acids is 1. The molecule has 0 aliphatic heterocycles. The van der Waals surface area contributed by atoms with Crippen molar-refractivity contribution >= 4 is 34.1 Å². The quantitative estimate of drug-likeness (QED) is 0.456. The van der Waals surface area contributed by atoms with Crippen LogP contribution in [0.1, 0.15) is 35.7 Å². The van der Waals surface area contributed by atoms with E-state index in [0.717, 1.165) is 56.9 Å². The van der Waals surface area contributed by atoms with Gasteiger partial charge in [-0.15, -0.1) is 0 Å². The van der Waals surface area contributed by atoms with Crippen molar-refractivity contribution in [2.75, 3.05) is 0 Å². The topological polar surface area (TPSA) is 91.8 Å². The Labute approximate surface area is 173 Å². The molecule has 2 N–H and O–H groups in total. The summed E-state index contributed by atoms with van der Waals surface area (Å²) in [5.41, 5.74) is 6.85. The molecular formula is C24H20N4O2. The normalized spacial score (nSPS) is 12.3. The number of nitrogens with one attached hydrogen (secondary N) is 1. The van der Waals surface area contributed by atoms with E-state index >= 15 is 0 Å². The van der Waals surface area contributed by atoms with Crippen molar-refractivity contribution in [3.8, 4) is 0 Å². The Kier molecular flexibility index (Phi) is 5.48. The molecule has 0 aliphatic carbocycles. The molecule has 0 saturated heterocycles. The van der Waals surface area contributed by atoms with Gasteiger partial charge in [-0.3, -0.25) is 15.1 Å². The SMILES string of the molecule is CC/C(=C(/c1ccc(/C=C/C(=O)O)cc1)c1ccc2[nH]ncc2c1)c1cnccn1. The number of aromatic nitrogens is 4. The zero-order valence-electron chi connectivity index (χ0n) is 16.4. The molecule has 6 nitrogen and oxygen atoms in total. The summed E-state index contributed by atoms with van der Waals surface area (Å²) in [5.74, 6) is -0.969. The first-order chi connectivity index (χ1) is 14.7. The number of nitrogens with zero attached hydrogens (tertiary/aromatic N) is 3. The molecule has 0 bridgehead atoms. The van der Waals surface area contributed by atoms with Gasteiger partial charge in [-0.25, -0.2) is 4.79 Å². The van der Waals surface area contributed by atoms with Crippen LogP contribution in [-0.4, -0.2) is 31.2 Å². The minimum absolute atomic E-state index is 0.776. The van der Waals surface area contributed by atoms with E-state index in [1.54, 1.807) is 24.7 Å². The molecule has 0 aliphatic rings. The maximum absolute atomic E-state index is 10.8. The molecule has 2 heterocycles. The van der Waals surface area contributed by atoms with Gasteiger partial charge in [0.05, 0.1) is 23.6 Å². The molecule has 6 heteroatoms. The van der Waals surface area contributed by atoms with E-state index in [4.69, 9.17) is 5.11 Å². The Hall–Kier alpha value is -4.06. The van der Waals surface area contributed by atoms with Gasteiger partial charge in [-0.1, -0.05) is 37.3 Å². The summed E-state index contributed by atoms with van der Waals surface area (Å²) in [4.78, 5) is 19.6. The Morgan fingerprint density at radius 3 is 2.57 bits per heavy atom. The van der Waals surface area contributed by atoms with E-state index in [-0.39, 0.29) is 0 Å². The molecule has 0 fully saturated rings. The molecule has 0 saturated carbocycles. The number of carbonyl (C=O) groups is 1. The zero-order valence-corrected chi connectivity index (χ0v) is 16.4. The third-order valence-corrected chi connectivity index (χ3v) is 4.87. The fraction of sp³-hybridized carbons (Fsp3) is 0.0833. The third-order valence-electron chi connectivity index (χ3n) is 4.87. The van der Waals surface area contributed by atoms with Crippen LogP contribution in [0.5, 0.6) is 0 Å². The lowest BCUT2D eigenvalue weighted by atomic mass is 9.89. The predicted molar refractivity (Wildman–Crippen MR) is 117 cm³/mol. The van der Waals surface area contributed by atoms with Gasteiger partial charge in [0.2, 0.25) is 0 Å². The Morgan fingerprint density at radius 1 is 1.07 bits per heavy atom. The summed E-state index contributed by atoms with van der Waals surface area (Å²) in [6.45, 7) is 2.10. The first-order valence-electron chi connectivity index (χ1n) is 9.60. The third kappa shape index (κ3) is 4.03. The van der Waals surface area contributed by atoms with Crippen LogP contribution in [0.4, 0.5) is 0 Å². The summed E-state index contributed by atoms with van der Waals surface area (Å²) in [6, 6.07) is 14.0. The number of benzene rings is 2. The number of carboxylic acid groups (broad SMARTS) is 1. The second-order valence-electron chi connectivity index (χ2n) is 6.76. The van der Waals surface area contributed by atoms with E-state index in [9.17, 15) is 4.79 Å². The smallest absolute Gasteiger partial charge is 0.328 e. The van der Waals surface area contributed by atoms with Gasteiger partial charge in [-0.2, -0.15) is 5.10 Å². The van der Waals surface area contributed by atoms with Crippen LogP contribution in [0.15, 0.2) is 73.3 Å². The van der Waals surface area contributed by atoms with E-state index in [2.05, 4.69) is 39.2 Å². The highest BCUT2D eigenvalue weighted by molar-refractivity contribution is 5.99. The molecule has 2 aromatic carbocycles. The van der Waals surface area contributed by atoms with E-state index in [1.165, 1.54) is 0 Å². The highest BCUT2D eigenvalue weighted by Crippen LogP contribution is 2.34. The molecule has 0 unspecified atom stereocenters. The fourth-order valence-corrected chi connectivity index (χ4v) is 3.48. The number of hydrogen-bond donors (Lipinski definition) is 2. The monoisotopic (exact) mass is 396 g/mol.